The lowest BCUT2D eigenvalue weighted by Gasteiger charge is -2.08. The minimum absolute atomic E-state index is 0.0933. The van der Waals surface area contributed by atoms with Gasteiger partial charge in [0.15, 0.2) is 8.68 Å². The van der Waals surface area contributed by atoms with Crippen LogP contribution < -0.4 is 0 Å². The third-order valence-corrected chi connectivity index (χ3v) is 6.48. The van der Waals surface area contributed by atoms with E-state index >= 15 is 0 Å². The minimum Gasteiger partial charge on any atom is -0.258 e. The summed E-state index contributed by atoms with van der Waals surface area (Å²) < 4.78 is 1.87. The van der Waals surface area contributed by atoms with Crippen molar-refractivity contribution < 1.29 is 4.92 Å². The molecule has 22 heavy (non-hydrogen) atoms. The molecule has 2 rings (SSSR count). The van der Waals surface area contributed by atoms with E-state index in [4.69, 9.17) is 0 Å². The van der Waals surface area contributed by atoms with Crippen LogP contribution in [0.3, 0.4) is 0 Å². The highest BCUT2D eigenvalue weighted by Gasteiger charge is 2.15. The van der Waals surface area contributed by atoms with Crippen LogP contribution in [0.1, 0.15) is 31.6 Å². The number of nitro groups is 1. The van der Waals surface area contributed by atoms with Crippen LogP contribution >= 0.6 is 34.9 Å². The molecule has 118 valence electrons. The van der Waals surface area contributed by atoms with E-state index in [0.29, 0.717) is 5.92 Å². The first-order valence-corrected chi connectivity index (χ1v) is 9.51. The van der Waals surface area contributed by atoms with Gasteiger partial charge in [-0.05, 0) is 18.4 Å². The molecule has 0 bridgehead atoms. The Balaban J connectivity index is 2.01. The van der Waals surface area contributed by atoms with Gasteiger partial charge in [-0.3, -0.25) is 10.1 Å². The monoisotopic (exact) mass is 355 g/mol. The number of rotatable bonds is 7. The van der Waals surface area contributed by atoms with Crippen LogP contribution in [0.2, 0.25) is 0 Å². The molecule has 0 aliphatic carbocycles. The topological polar surface area (TPSA) is 68.9 Å². The van der Waals surface area contributed by atoms with Crippen molar-refractivity contribution in [3.8, 4) is 0 Å². The van der Waals surface area contributed by atoms with Gasteiger partial charge in [-0.25, -0.2) is 0 Å². The molecule has 2 aromatic rings. The summed E-state index contributed by atoms with van der Waals surface area (Å²) in [5.74, 6) is 1.65. The molecule has 0 aliphatic rings. The summed E-state index contributed by atoms with van der Waals surface area (Å²) in [5.41, 5.74) is 1.04. The van der Waals surface area contributed by atoms with Crippen molar-refractivity contribution in [3.05, 3.63) is 39.9 Å². The fourth-order valence-corrected chi connectivity index (χ4v) is 4.91. The summed E-state index contributed by atoms with van der Waals surface area (Å²) >= 11 is 4.88. The summed E-state index contributed by atoms with van der Waals surface area (Å²) in [6.45, 7) is 6.37. The largest absolute Gasteiger partial charge is 0.269 e. The van der Waals surface area contributed by atoms with E-state index in [9.17, 15) is 10.1 Å². The third kappa shape index (κ3) is 4.96. The van der Waals surface area contributed by atoms with Crippen LogP contribution in [0.15, 0.2) is 32.9 Å². The van der Waals surface area contributed by atoms with E-state index < -0.39 is 0 Å². The number of hydrogen-bond acceptors (Lipinski definition) is 7. The lowest BCUT2D eigenvalue weighted by molar-refractivity contribution is -0.384. The van der Waals surface area contributed by atoms with E-state index in [1.54, 1.807) is 47.0 Å². The Kier molecular flexibility index (Phi) is 6.22. The molecule has 0 saturated carbocycles. The van der Waals surface area contributed by atoms with Gasteiger partial charge in [0.05, 0.1) is 4.92 Å². The van der Waals surface area contributed by atoms with Crippen molar-refractivity contribution in [1.82, 2.24) is 10.2 Å². The maximum absolute atomic E-state index is 10.8. The first-order chi connectivity index (χ1) is 10.5. The number of hydrogen-bond donors (Lipinski definition) is 0. The smallest absolute Gasteiger partial charge is 0.258 e. The van der Waals surface area contributed by atoms with Crippen molar-refractivity contribution in [3.63, 3.8) is 0 Å². The average molecular weight is 356 g/mol. The summed E-state index contributed by atoms with van der Waals surface area (Å²) in [5, 5.41) is 19.3. The summed E-state index contributed by atoms with van der Waals surface area (Å²) in [6, 6.07) is 6.74. The number of thioether (sulfide) groups is 2. The van der Waals surface area contributed by atoms with Crippen molar-refractivity contribution >= 4 is 40.5 Å². The Bertz CT molecular complexity index is 646. The van der Waals surface area contributed by atoms with Crippen molar-refractivity contribution in [1.29, 1.82) is 0 Å². The molecular formula is C14H17N3O2S3. The Labute approximate surface area is 142 Å². The summed E-state index contributed by atoms with van der Waals surface area (Å²) in [6.07, 6.45) is 0. The normalized spacial score (nSPS) is 12.5. The second kappa shape index (κ2) is 7.94. The molecule has 0 radical (unpaired) electrons. The van der Waals surface area contributed by atoms with E-state index in [1.165, 1.54) is 6.07 Å². The molecule has 1 heterocycles. The van der Waals surface area contributed by atoms with Crippen LogP contribution in [-0.4, -0.2) is 20.9 Å². The molecule has 0 spiro atoms. The van der Waals surface area contributed by atoms with Gasteiger partial charge in [0.25, 0.3) is 5.69 Å². The molecule has 0 saturated heterocycles. The molecule has 0 amide bonds. The quantitative estimate of drug-likeness (QED) is 0.393. The Hall–Kier alpha value is -1.12. The molecule has 0 aliphatic heterocycles. The lowest BCUT2D eigenvalue weighted by Crippen LogP contribution is -1.92. The number of benzene rings is 1. The van der Waals surface area contributed by atoms with Crippen molar-refractivity contribution in [2.75, 3.05) is 5.75 Å². The van der Waals surface area contributed by atoms with Crippen LogP contribution in [0.4, 0.5) is 5.69 Å². The zero-order chi connectivity index (χ0) is 16.1. The lowest BCUT2D eigenvalue weighted by atomic mass is 10.1. The van der Waals surface area contributed by atoms with E-state index in [-0.39, 0.29) is 15.9 Å². The molecule has 0 unspecified atom stereocenters. The molecule has 8 heteroatoms. The van der Waals surface area contributed by atoms with Crippen LogP contribution in [-0.2, 0) is 0 Å². The Morgan fingerprint density at radius 1 is 1.27 bits per heavy atom. The standard InChI is InChI=1S/C14H17N3O2S3/c1-9(2)8-20-13-15-16-14(22-13)21-10(3)11-5-4-6-12(7-11)17(18)19/h4-7,9-10H,8H2,1-3H3/t10-/m0/s1. The maximum atomic E-state index is 10.8. The van der Waals surface area contributed by atoms with E-state index in [2.05, 4.69) is 24.0 Å². The Morgan fingerprint density at radius 3 is 2.68 bits per heavy atom. The zero-order valence-electron chi connectivity index (χ0n) is 12.6. The predicted molar refractivity (Wildman–Crippen MR) is 92.8 cm³/mol. The second-order valence-electron chi connectivity index (χ2n) is 5.15. The van der Waals surface area contributed by atoms with Gasteiger partial charge >= 0.3 is 0 Å². The number of aromatic nitrogens is 2. The van der Waals surface area contributed by atoms with Gasteiger partial charge in [0.1, 0.15) is 0 Å². The Morgan fingerprint density at radius 2 is 2.00 bits per heavy atom. The molecule has 1 aromatic heterocycles. The van der Waals surface area contributed by atoms with E-state index in [0.717, 1.165) is 20.0 Å². The van der Waals surface area contributed by atoms with Crippen LogP contribution in [0, 0.1) is 16.0 Å². The molecule has 5 nitrogen and oxygen atoms in total. The molecule has 1 atom stereocenters. The number of non-ortho nitro benzene ring substituents is 1. The van der Waals surface area contributed by atoms with Crippen LogP contribution in [0.5, 0.6) is 0 Å². The van der Waals surface area contributed by atoms with E-state index in [1.807, 2.05) is 13.0 Å². The molecule has 0 fully saturated rings. The highest BCUT2D eigenvalue weighted by molar-refractivity contribution is 8.03. The third-order valence-electron chi connectivity index (χ3n) is 2.76. The molecule has 1 aromatic carbocycles. The van der Waals surface area contributed by atoms with Crippen molar-refractivity contribution in [2.45, 2.75) is 34.7 Å². The molecule has 0 N–H and O–H groups in total. The van der Waals surface area contributed by atoms with Gasteiger partial charge < -0.3 is 0 Å². The molecular weight excluding hydrogens is 338 g/mol. The minimum atomic E-state index is -0.369. The first-order valence-electron chi connectivity index (χ1n) is 6.83. The highest BCUT2D eigenvalue weighted by atomic mass is 32.2. The van der Waals surface area contributed by atoms with Crippen LogP contribution in [0.25, 0.3) is 0 Å². The van der Waals surface area contributed by atoms with Gasteiger partial charge in [0, 0.05) is 23.1 Å². The highest BCUT2D eigenvalue weighted by Crippen LogP contribution is 2.39. The fraction of sp³-hybridized carbons (Fsp3) is 0.429. The zero-order valence-corrected chi connectivity index (χ0v) is 15.0. The van der Waals surface area contributed by atoms with Gasteiger partial charge in [-0.1, -0.05) is 60.8 Å². The SMILES string of the molecule is CC(C)CSc1nnc(S[C@@H](C)c2cccc([N+](=O)[O-])c2)s1. The van der Waals surface area contributed by atoms with Gasteiger partial charge in [-0.2, -0.15) is 0 Å². The average Bonchev–Trinajstić information content (AvgIpc) is 2.92. The number of nitrogens with zero attached hydrogens (tertiary/aromatic N) is 3. The fourth-order valence-electron chi connectivity index (χ4n) is 1.65. The second-order valence-corrected chi connectivity index (χ2v) is 8.98. The maximum Gasteiger partial charge on any atom is 0.269 e. The first kappa shape index (κ1) is 17.2. The summed E-state index contributed by atoms with van der Waals surface area (Å²) in [4.78, 5) is 10.5. The predicted octanol–water partition coefficient (Wildman–Crippen LogP) is 5.05. The summed E-state index contributed by atoms with van der Waals surface area (Å²) in [7, 11) is 0. The van der Waals surface area contributed by atoms with Crippen molar-refractivity contribution in [2.24, 2.45) is 5.92 Å². The van der Waals surface area contributed by atoms with Gasteiger partial charge in [-0.15, -0.1) is 10.2 Å². The van der Waals surface area contributed by atoms with Gasteiger partial charge in [0.2, 0.25) is 0 Å². The number of nitro benzene ring substituents is 1.